The Morgan fingerprint density at radius 3 is 2.47 bits per heavy atom. The molecule has 0 unspecified atom stereocenters. The van der Waals surface area contributed by atoms with E-state index < -0.39 is 0 Å². The van der Waals surface area contributed by atoms with Crippen LogP contribution < -0.4 is 5.73 Å². The first-order valence-electron chi connectivity index (χ1n) is 5.68. The summed E-state index contributed by atoms with van der Waals surface area (Å²) < 4.78 is 2.00. The third kappa shape index (κ3) is 3.34. The van der Waals surface area contributed by atoms with E-state index in [1.165, 1.54) is 11.4 Å². The molecule has 2 N–H and O–H groups in total. The molecule has 1 aromatic rings. The minimum atomic E-state index is 0.143. The van der Waals surface area contributed by atoms with Gasteiger partial charge in [0.15, 0.2) is 0 Å². The average molecular weight is 209 g/mol. The van der Waals surface area contributed by atoms with Crippen molar-refractivity contribution in [3.63, 3.8) is 0 Å². The molecule has 0 bridgehead atoms. The van der Waals surface area contributed by atoms with Crippen molar-refractivity contribution < 1.29 is 0 Å². The number of nitrogens with zero attached hydrogens (tertiary/aromatic N) is 2. The number of hydrogen-bond acceptors (Lipinski definition) is 2. The fourth-order valence-electron chi connectivity index (χ4n) is 1.56. The standard InChI is InChI=1S/C12H23N3/c1-12(2,3)11-9-10(15(4)14-11)7-5-6-8-13/h9H,5-8,13H2,1-4H3. The molecule has 0 saturated carbocycles. The van der Waals surface area contributed by atoms with Crippen LogP contribution in [0.15, 0.2) is 6.07 Å². The second kappa shape index (κ2) is 4.79. The summed E-state index contributed by atoms with van der Waals surface area (Å²) in [5.74, 6) is 0. The lowest BCUT2D eigenvalue weighted by Gasteiger charge is -2.13. The van der Waals surface area contributed by atoms with Crippen molar-refractivity contribution in [1.29, 1.82) is 0 Å². The third-order valence-corrected chi connectivity index (χ3v) is 2.63. The van der Waals surface area contributed by atoms with Crippen LogP contribution in [0.5, 0.6) is 0 Å². The number of rotatable bonds is 4. The van der Waals surface area contributed by atoms with Crippen LogP contribution in [0.1, 0.15) is 45.0 Å². The summed E-state index contributed by atoms with van der Waals surface area (Å²) in [6.07, 6.45) is 3.33. The fourth-order valence-corrected chi connectivity index (χ4v) is 1.56. The van der Waals surface area contributed by atoms with Gasteiger partial charge in [-0.3, -0.25) is 4.68 Å². The molecule has 0 radical (unpaired) electrons. The highest BCUT2D eigenvalue weighted by Crippen LogP contribution is 2.21. The Morgan fingerprint density at radius 2 is 2.00 bits per heavy atom. The summed E-state index contributed by atoms with van der Waals surface area (Å²) in [7, 11) is 2.02. The lowest BCUT2D eigenvalue weighted by molar-refractivity contribution is 0.550. The molecule has 0 atom stereocenters. The van der Waals surface area contributed by atoms with Crippen molar-refractivity contribution in [3.8, 4) is 0 Å². The van der Waals surface area contributed by atoms with Gasteiger partial charge in [0.25, 0.3) is 0 Å². The minimum Gasteiger partial charge on any atom is -0.330 e. The van der Waals surface area contributed by atoms with Gasteiger partial charge in [0.05, 0.1) is 5.69 Å². The SMILES string of the molecule is Cn1nc(C(C)(C)C)cc1CCCCN. The zero-order valence-corrected chi connectivity index (χ0v) is 10.4. The maximum Gasteiger partial charge on any atom is 0.0680 e. The molecular formula is C12H23N3. The Labute approximate surface area is 92.7 Å². The average Bonchev–Trinajstić information content (AvgIpc) is 2.48. The molecule has 0 amide bonds. The van der Waals surface area contributed by atoms with Crippen molar-refractivity contribution >= 4 is 0 Å². The fraction of sp³-hybridized carbons (Fsp3) is 0.750. The predicted octanol–water partition coefficient (Wildman–Crippen LogP) is 2.00. The van der Waals surface area contributed by atoms with Gasteiger partial charge in [0.2, 0.25) is 0 Å². The molecule has 0 aliphatic rings. The molecule has 0 aliphatic carbocycles. The monoisotopic (exact) mass is 209 g/mol. The first kappa shape index (κ1) is 12.2. The molecule has 0 spiro atoms. The molecule has 15 heavy (non-hydrogen) atoms. The van der Waals surface area contributed by atoms with Crippen molar-refractivity contribution in [1.82, 2.24) is 9.78 Å². The summed E-state index contributed by atoms with van der Waals surface area (Å²) in [6, 6.07) is 2.22. The van der Waals surface area contributed by atoms with Crippen LogP contribution in [-0.2, 0) is 18.9 Å². The van der Waals surface area contributed by atoms with E-state index in [9.17, 15) is 0 Å². The second-order valence-corrected chi connectivity index (χ2v) is 5.14. The number of unbranched alkanes of at least 4 members (excludes halogenated alkanes) is 1. The van der Waals surface area contributed by atoms with Crippen LogP contribution in [0.25, 0.3) is 0 Å². The first-order valence-corrected chi connectivity index (χ1v) is 5.68. The van der Waals surface area contributed by atoms with Gasteiger partial charge < -0.3 is 5.73 Å². The maximum absolute atomic E-state index is 5.48. The minimum absolute atomic E-state index is 0.143. The summed E-state index contributed by atoms with van der Waals surface area (Å²) >= 11 is 0. The summed E-state index contributed by atoms with van der Waals surface area (Å²) in [5.41, 5.74) is 8.11. The zero-order chi connectivity index (χ0) is 11.5. The van der Waals surface area contributed by atoms with E-state index in [0.29, 0.717) is 0 Å². The van der Waals surface area contributed by atoms with Crippen LogP contribution in [0.4, 0.5) is 0 Å². The van der Waals surface area contributed by atoms with E-state index in [-0.39, 0.29) is 5.41 Å². The predicted molar refractivity (Wildman–Crippen MR) is 63.9 cm³/mol. The molecule has 3 nitrogen and oxygen atoms in total. The zero-order valence-electron chi connectivity index (χ0n) is 10.4. The van der Waals surface area contributed by atoms with Crippen LogP contribution in [0, 0.1) is 0 Å². The number of aryl methyl sites for hydroxylation is 2. The quantitative estimate of drug-likeness (QED) is 0.771. The van der Waals surface area contributed by atoms with Gasteiger partial charge in [-0.1, -0.05) is 20.8 Å². The van der Waals surface area contributed by atoms with E-state index in [1.54, 1.807) is 0 Å². The van der Waals surface area contributed by atoms with Gasteiger partial charge in [-0.25, -0.2) is 0 Å². The van der Waals surface area contributed by atoms with Gasteiger partial charge in [0, 0.05) is 18.2 Å². The number of hydrogen-bond donors (Lipinski definition) is 1. The number of nitrogens with two attached hydrogens (primary N) is 1. The van der Waals surface area contributed by atoms with E-state index in [1.807, 2.05) is 11.7 Å². The Bertz CT molecular complexity index is 307. The van der Waals surface area contributed by atoms with Crippen LogP contribution in [-0.4, -0.2) is 16.3 Å². The Kier molecular flexibility index (Phi) is 3.91. The topological polar surface area (TPSA) is 43.8 Å². The largest absolute Gasteiger partial charge is 0.330 e. The maximum atomic E-state index is 5.48. The highest BCUT2D eigenvalue weighted by atomic mass is 15.3. The molecular weight excluding hydrogens is 186 g/mol. The molecule has 1 rings (SSSR count). The highest BCUT2D eigenvalue weighted by molar-refractivity contribution is 5.17. The van der Waals surface area contributed by atoms with E-state index in [4.69, 9.17) is 5.73 Å². The Balaban J connectivity index is 2.69. The molecule has 0 saturated heterocycles. The number of aromatic nitrogens is 2. The van der Waals surface area contributed by atoms with Crippen LogP contribution >= 0.6 is 0 Å². The third-order valence-electron chi connectivity index (χ3n) is 2.63. The van der Waals surface area contributed by atoms with Gasteiger partial charge in [-0.15, -0.1) is 0 Å². The molecule has 0 fully saturated rings. The molecule has 86 valence electrons. The highest BCUT2D eigenvalue weighted by Gasteiger charge is 2.18. The lowest BCUT2D eigenvalue weighted by Crippen LogP contribution is -2.12. The Hall–Kier alpha value is -0.830. The Morgan fingerprint density at radius 1 is 1.33 bits per heavy atom. The van der Waals surface area contributed by atoms with Gasteiger partial charge in [-0.2, -0.15) is 5.10 Å². The summed E-state index contributed by atoms with van der Waals surface area (Å²) in [6.45, 7) is 7.36. The molecule has 1 aromatic heterocycles. The molecule has 0 aromatic carbocycles. The van der Waals surface area contributed by atoms with Crippen molar-refractivity contribution in [2.24, 2.45) is 12.8 Å². The van der Waals surface area contributed by atoms with Crippen molar-refractivity contribution in [2.75, 3.05) is 6.54 Å². The summed E-state index contributed by atoms with van der Waals surface area (Å²) in [5, 5.41) is 4.55. The van der Waals surface area contributed by atoms with Gasteiger partial charge in [0.1, 0.15) is 0 Å². The summed E-state index contributed by atoms with van der Waals surface area (Å²) in [4.78, 5) is 0. The lowest BCUT2D eigenvalue weighted by atomic mass is 9.92. The van der Waals surface area contributed by atoms with Crippen molar-refractivity contribution in [3.05, 3.63) is 17.5 Å². The molecule has 0 aliphatic heterocycles. The molecule has 1 heterocycles. The first-order chi connectivity index (χ1) is 6.95. The van der Waals surface area contributed by atoms with Gasteiger partial charge in [-0.05, 0) is 31.9 Å². The van der Waals surface area contributed by atoms with Gasteiger partial charge >= 0.3 is 0 Å². The smallest absolute Gasteiger partial charge is 0.0680 e. The van der Waals surface area contributed by atoms with Crippen molar-refractivity contribution in [2.45, 2.75) is 45.4 Å². The molecule has 3 heteroatoms. The van der Waals surface area contributed by atoms with E-state index in [2.05, 4.69) is 31.9 Å². The van der Waals surface area contributed by atoms with E-state index >= 15 is 0 Å². The second-order valence-electron chi connectivity index (χ2n) is 5.14. The van der Waals surface area contributed by atoms with Crippen LogP contribution in [0.3, 0.4) is 0 Å². The normalized spacial score (nSPS) is 12.1. The van der Waals surface area contributed by atoms with Crippen LogP contribution in [0.2, 0.25) is 0 Å². The van der Waals surface area contributed by atoms with E-state index in [0.717, 1.165) is 25.8 Å².